The van der Waals surface area contributed by atoms with E-state index in [-0.39, 0.29) is 6.04 Å². The minimum atomic E-state index is -0.196. The van der Waals surface area contributed by atoms with Crippen molar-refractivity contribution < 1.29 is 0 Å². The van der Waals surface area contributed by atoms with Gasteiger partial charge in [0.1, 0.15) is 5.82 Å². The second kappa shape index (κ2) is 4.52. The van der Waals surface area contributed by atoms with E-state index in [2.05, 4.69) is 46.8 Å². The molecule has 1 atom stereocenters. The van der Waals surface area contributed by atoms with Crippen molar-refractivity contribution in [2.45, 2.75) is 13.0 Å². The first kappa shape index (κ1) is 11.9. The molecule has 1 aromatic heterocycles. The van der Waals surface area contributed by atoms with Gasteiger partial charge in [-0.05, 0) is 24.6 Å². The van der Waals surface area contributed by atoms with Crippen molar-refractivity contribution in [3.63, 3.8) is 0 Å². The molecular formula is C16H17N3. The van der Waals surface area contributed by atoms with Crippen molar-refractivity contribution in [3.05, 3.63) is 65.5 Å². The summed E-state index contributed by atoms with van der Waals surface area (Å²) in [6, 6.07) is 16.2. The number of nitrogens with zero attached hydrogens (tertiary/aromatic N) is 2. The molecule has 96 valence electrons. The second-order valence-electron chi connectivity index (χ2n) is 4.91. The highest BCUT2D eigenvalue weighted by molar-refractivity contribution is 5.76. The number of fused-ring (bicyclic) bond motifs is 1. The van der Waals surface area contributed by atoms with Crippen LogP contribution >= 0.6 is 0 Å². The highest BCUT2D eigenvalue weighted by atomic mass is 15.1. The second-order valence-corrected chi connectivity index (χ2v) is 4.91. The molecule has 0 saturated carbocycles. The van der Waals surface area contributed by atoms with Crippen molar-refractivity contribution in [1.29, 1.82) is 0 Å². The highest BCUT2D eigenvalue weighted by Gasteiger charge is 2.16. The number of hydrogen-bond acceptors (Lipinski definition) is 2. The largest absolute Gasteiger partial charge is 0.330 e. The molecule has 0 saturated heterocycles. The summed E-state index contributed by atoms with van der Waals surface area (Å²) in [5.41, 5.74) is 10.8. The number of imidazole rings is 1. The molecule has 1 heterocycles. The van der Waals surface area contributed by atoms with E-state index in [0.29, 0.717) is 0 Å². The van der Waals surface area contributed by atoms with E-state index in [0.717, 1.165) is 22.4 Å². The van der Waals surface area contributed by atoms with Crippen molar-refractivity contribution in [2.24, 2.45) is 12.8 Å². The Kier molecular flexibility index (Phi) is 2.84. The summed E-state index contributed by atoms with van der Waals surface area (Å²) in [5, 5.41) is 0. The Morgan fingerprint density at radius 3 is 2.42 bits per heavy atom. The molecule has 0 bridgehead atoms. The SMILES string of the molecule is Cc1ccc(C(N)c2nc3ccccc3n2C)cc1. The van der Waals surface area contributed by atoms with Gasteiger partial charge in [-0.1, -0.05) is 42.0 Å². The molecule has 0 aliphatic heterocycles. The predicted molar refractivity (Wildman–Crippen MR) is 77.9 cm³/mol. The van der Waals surface area contributed by atoms with E-state index in [1.165, 1.54) is 5.56 Å². The van der Waals surface area contributed by atoms with Gasteiger partial charge in [0, 0.05) is 7.05 Å². The summed E-state index contributed by atoms with van der Waals surface area (Å²) in [4.78, 5) is 4.65. The van der Waals surface area contributed by atoms with Gasteiger partial charge >= 0.3 is 0 Å². The Morgan fingerprint density at radius 1 is 1.05 bits per heavy atom. The van der Waals surface area contributed by atoms with Crippen LogP contribution in [0.2, 0.25) is 0 Å². The molecule has 3 nitrogen and oxygen atoms in total. The molecule has 0 radical (unpaired) electrons. The summed E-state index contributed by atoms with van der Waals surface area (Å²) in [6.07, 6.45) is 0. The van der Waals surface area contributed by atoms with Gasteiger partial charge in [0.25, 0.3) is 0 Å². The number of nitrogens with two attached hydrogens (primary N) is 1. The van der Waals surface area contributed by atoms with Gasteiger partial charge in [-0.15, -0.1) is 0 Å². The minimum absolute atomic E-state index is 0.196. The van der Waals surface area contributed by atoms with Gasteiger partial charge in [0.2, 0.25) is 0 Å². The van der Waals surface area contributed by atoms with Crippen molar-refractivity contribution in [1.82, 2.24) is 9.55 Å². The smallest absolute Gasteiger partial charge is 0.131 e. The molecule has 3 heteroatoms. The van der Waals surface area contributed by atoms with Crippen LogP contribution in [0.25, 0.3) is 11.0 Å². The zero-order valence-electron chi connectivity index (χ0n) is 11.2. The third-order valence-corrected chi connectivity index (χ3v) is 3.54. The predicted octanol–water partition coefficient (Wildman–Crippen LogP) is 2.93. The van der Waals surface area contributed by atoms with Crippen LogP contribution in [-0.4, -0.2) is 9.55 Å². The molecule has 2 N–H and O–H groups in total. The summed E-state index contributed by atoms with van der Waals surface area (Å²) in [7, 11) is 2.01. The molecule has 0 spiro atoms. The van der Waals surface area contributed by atoms with E-state index in [4.69, 9.17) is 5.73 Å². The molecule has 3 rings (SSSR count). The van der Waals surface area contributed by atoms with Crippen LogP contribution in [0, 0.1) is 6.92 Å². The monoisotopic (exact) mass is 251 g/mol. The zero-order valence-corrected chi connectivity index (χ0v) is 11.2. The maximum Gasteiger partial charge on any atom is 0.131 e. The number of hydrogen-bond donors (Lipinski definition) is 1. The van der Waals surface area contributed by atoms with Crippen LogP contribution in [0.5, 0.6) is 0 Å². The highest BCUT2D eigenvalue weighted by Crippen LogP contribution is 2.23. The van der Waals surface area contributed by atoms with Crippen LogP contribution < -0.4 is 5.73 Å². The number of aromatic nitrogens is 2. The lowest BCUT2D eigenvalue weighted by molar-refractivity contribution is 0.728. The van der Waals surface area contributed by atoms with Gasteiger partial charge in [0.05, 0.1) is 17.1 Å². The average Bonchev–Trinajstić information content (AvgIpc) is 2.77. The molecule has 3 aromatic rings. The molecule has 19 heavy (non-hydrogen) atoms. The number of aryl methyl sites for hydroxylation is 2. The molecular weight excluding hydrogens is 234 g/mol. The van der Waals surface area contributed by atoms with E-state index in [9.17, 15) is 0 Å². The normalized spacial score (nSPS) is 12.8. The Hall–Kier alpha value is -2.13. The standard InChI is InChI=1S/C16H17N3/c1-11-7-9-12(10-8-11)15(17)16-18-13-5-3-4-6-14(13)19(16)2/h3-10,15H,17H2,1-2H3. The summed E-state index contributed by atoms with van der Waals surface area (Å²) in [5.74, 6) is 0.894. The van der Waals surface area contributed by atoms with Crippen molar-refractivity contribution in [2.75, 3.05) is 0 Å². The summed E-state index contributed by atoms with van der Waals surface area (Å²) < 4.78 is 2.07. The van der Waals surface area contributed by atoms with Gasteiger partial charge in [-0.25, -0.2) is 4.98 Å². The molecule has 0 fully saturated rings. The maximum absolute atomic E-state index is 6.35. The van der Waals surface area contributed by atoms with Gasteiger partial charge in [-0.3, -0.25) is 0 Å². The molecule has 2 aromatic carbocycles. The van der Waals surface area contributed by atoms with E-state index >= 15 is 0 Å². The zero-order chi connectivity index (χ0) is 13.4. The fourth-order valence-corrected chi connectivity index (χ4v) is 2.37. The van der Waals surface area contributed by atoms with E-state index in [1.807, 2.05) is 25.2 Å². The topological polar surface area (TPSA) is 43.8 Å². The van der Waals surface area contributed by atoms with Crippen LogP contribution in [0.3, 0.4) is 0 Å². The van der Waals surface area contributed by atoms with Crippen LogP contribution in [0.4, 0.5) is 0 Å². The lowest BCUT2D eigenvalue weighted by Gasteiger charge is -2.12. The van der Waals surface area contributed by atoms with E-state index in [1.54, 1.807) is 0 Å². The number of para-hydroxylation sites is 2. The lowest BCUT2D eigenvalue weighted by atomic mass is 10.1. The van der Waals surface area contributed by atoms with Crippen LogP contribution in [0.1, 0.15) is 23.0 Å². The molecule has 0 aliphatic rings. The van der Waals surface area contributed by atoms with Crippen LogP contribution in [0.15, 0.2) is 48.5 Å². The average molecular weight is 251 g/mol. The first-order chi connectivity index (χ1) is 9.16. The fourth-order valence-electron chi connectivity index (χ4n) is 2.37. The molecule has 0 aliphatic carbocycles. The number of rotatable bonds is 2. The third-order valence-electron chi connectivity index (χ3n) is 3.54. The Bertz CT molecular complexity index is 710. The maximum atomic E-state index is 6.35. The third kappa shape index (κ3) is 2.02. The Morgan fingerprint density at radius 2 is 1.74 bits per heavy atom. The van der Waals surface area contributed by atoms with Crippen LogP contribution in [-0.2, 0) is 7.05 Å². The van der Waals surface area contributed by atoms with Gasteiger partial charge in [0.15, 0.2) is 0 Å². The first-order valence-corrected chi connectivity index (χ1v) is 6.40. The first-order valence-electron chi connectivity index (χ1n) is 6.40. The van der Waals surface area contributed by atoms with Gasteiger partial charge < -0.3 is 10.3 Å². The summed E-state index contributed by atoms with van der Waals surface area (Å²) in [6.45, 7) is 2.07. The molecule has 1 unspecified atom stereocenters. The fraction of sp³-hybridized carbons (Fsp3) is 0.188. The molecule has 0 amide bonds. The minimum Gasteiger partial charge on any atom is -0.330 e. The summed E-state index contributed by atoms with van der Waals surface area (Å²) >= 11 is 0. The number of benzene rings is 2. The quantitative estimate of drug-likeness (QED) is 0.761. The van der Waals surface area contributed by atoms with Gasteiger partial charge in [-0.2, -0.15) is 0 Å². The lowest BCUT2D eigenvalue weighted by Crippen LogP contribution is -2.16. The van der Waals surface area contributed by atoms with E-state index < -0.39 is 0 Å². The Labute approximate surface area is 112 Å². The Balaban J connectivity index is 2.08. The van der Waals surface area contributed by atoms with Crippen molar-refractivity contribution in [3.8, 4) is 0 Å². The van der Waals surface area contributed by atoms with Crippen molar-refractivity contribution >= 4 is 11.0 Å².